The monoisotopic (exact) mass is 441 g/mol. The van der Waals surface area contributed by atoms with Crippen LogP contribution in [0.3, 0.4) is 0 Å². The molecule has 29 heavy (non-hydrogen) atoms. The summed E-state index contributed by atoms with van der Waals surface area (Å²) in [5.41, 5.74) is 8.51. The van der Waals surface area contributed by atoms with E-state index >= 15 is 0 Å². The van der Waals surface area contributed by atoms with E-state index in [2.05, 4.69) is 22.3 Å². The molecule has 1 saturated heterocycles. The SMILES string of the molecule is COc1ccc(C(CNC(=O)Cc2ccc(N)cc2)N2CCOCC2)cc1.Cl.Cl. The number of ether oxygens (including phenoxy) is 2. The van der Waals surface area contributed by atoms with E-state index in [-0.39, 0.29) is 36.8 Å². The highest BCUT2D eigenvalue weighted by Gasteiger charge is 2.23. The van der Waals surface area contributed by atoms with Gasteiger partial charge in [0.25, 0.3) is 0 Å². The van der Waals surface area contributed by atoms with Gasteiger partial charge in [-0.15, -0.1) is 24.8 Å². The number of nitrogens with two attached hydrogens (primary N) is 1. The van der Waals surface area contributed by atoms with Crippen LogP contribution >= 0.6 is 24.8 Å². The van der Waals surface area contributed by atoms with Crippen LogP contribution in [0.5, 0.6) is 5.75 Å². The number of methoxy groups -OCH3 is 1. The second-order valence-electron chi connectivity index (χ2n) is 6.66. The molecule has 0 bridgehead atoms. The minimum atomic E-state index is 0. The molecule has 0 aliphatic carbocycles. The molecule has 1 atom stereocenters. The Kier molecular flexibility index (Phi) is 10.8. The molecule has 3 rings (SSSR count). The summed E-state index contributed by atoms with van der Waals surface area (Å²) < 4.78 is 10.7. The van der Waals surface area contributed by atoms with Crippen LogP contribution in [-0.2, 0) is 16.0 Å². The zero-order valence-electron chi connectivity index (χ0n) is 16.5. The van der Waals surface area contributed by atoms with Crippen molar-refractivity contribution < 1.29 is 14.3 Å². The summed E-state index contributed by atoms with van der Waals surface area (Å²) in [7, 11) is 1.66. The molecule has 1 aliphatic heterocycles. The second-order valence-corrected chi connectivity index (χ2v) is 6.66. The maximum atomic E-state index is 12.4. The predicted octanol–water partition coefficient (Wildman–Crippen LogP) is 2.85. The van der Waals surface area contributed by atoms with E-state index in [1.165, 1.54) is 0 Å². The molecule has 2 aromatic carbocycles. The third kappa shape index (κ3) is 7.40. The zero-order chi connectivity index (χ0) is 19.1. The highest BCUT2D eigenvalue weighted by molar-refractivity contribution is 5.85. The predicted molar refractivity (Wildman–Crippen MR) is 120 cm³/mol. The molecule has 1 amide bonds. The number of morpholine rings is 1. The second kappa shape index (κ2) is 12.5. The fourth-order valence-corrected chi connectivity index (χ4v) is 3.27. The number of hydrogen-bond acceptors (Lipinski definition) is 5. The fraction of sp³-hybridized carbons (Fsp3) is 0.381. The van der Waals surface area contributed by atoms with Crippen molar-refractivity contribution in [3.63, 3.8) is 0 Å². The lowest BCUT2D eigenvalue weighted by Crippen LogP contribution is -2.44. The molecule has 160 valence electrons. The van der Waals surface area contributed by atoms with E-state index in [1.54, 1.807) is 7.11 Å². The lowest BCUT2D eigenvalue weighted by atomic mass is 10.0. The molecule has 0 saturated carbocycles. The number of anilines is 1. The number of rotatable bonds is 7. The number of carbonyl (C=O) groups is 1. The highest BCUT2D eigenvalue weighted by Crippen LogP contribution is 2.23. The van der Waals surface area contributed by atoms with Crippen LogP contribution in [0.4, 0.5) is 5.69 Å². The molecule has 6 nitrogen and oxygen atoms in total. The van der Waals surface area contributed by atoms with Gasteiger partial charge in [-0.05, 0) is 35.4 Å². The van der Waals surface area contributed by atoms with Gasteiger partial charge in [-0.1, -0.05) is 24.3 Å². The first-order valence-electron chi connectivity index (χ1n) is 9.22. The fourth-order valence-electron chi connectivity index (χ4n) is 3.27. The normalized spacial score (nSPS) is 14.8. The lowest BCUT2D eigenvalue weighted by Gasteiger charge is -2.35. The Morgan fingerprint density at radius 1 is 1.10 bits per heavy atom. The Morgan fingerprint density at radius 3 is 2.31 bits per heavy atom. The average molecular weight is 442 g/mol. The van der Waals surface area contributed by atoms with Crippen LogP contribution in [0, 0.1) is 0 Å². The number of nitrogens with one attached hydrogen (secondary N) is 1. The zero-order valence-corrected chi connectivity index (χ0v) is 18.1. The van der Waals surface area contributed by atoms with Gasteiger partial charge < -0.3 is 20.5 Å². The summed E-state index contributed by atoms with van der Waals surface area (Å²) in [5, 5.41) is 3.09. The molecule has 2 aromatic rings. The number of hydrogen-bond donors (Lipinski definition) is 2. The molecular formula is C21H29Cl2N3O3. The Balaban J connectivity index is 0.00000210. The maximum Gasteiger partial charge on any atom is 0.224 e. The molecule has 1 aliphatic rings. The largest absolute Gasteiger partial charge is 0.497 e. The number of benzene rings is 2. The van der Waals surface area contributed by atoms with Gasteiger partial charge in [-0.3, -0.25) is 9.69 Å². The van der Waals surface area contributed by atoms with E-state index < -0.39 is 0 Å². The van der Waals surface area contributed by atoms with Crippen LogP contribution in [0.1, 0.15) is 17.2 Å². The van der Waals surface area contributed by atoms with Gasteiger partial charge in [-0.25, -0.2) is 0 Å². The Hall–Kier alpha value is -1.99. The van der Waals surface area contributed by atoms with Gasteiger partial charge in [0, 0.05) is 25.3 Å². The number of amides is 1. The maximum absolute atomic E-state index is 12.4. The molecule has 1 heterocycles. The van der Waals surface area contributed by atoms with Gasteiger partial charge in [-0.2, -0.15) is 0 Å². The van der Waals surface area contributed by atoms with E-state index in [1.807, 2.05) is 36.4 Å². The van der Waals surface area contributed by atoms with Gasteiger partial charge in [0.2, 0.25) is 5.91 Å². The number of nitrogens with zero attached hydrogens (tertiary/aromatic N) is 1. The summed E-state index contributed by atoms with van der Waals surface area (Å²) in [6, 6.07) is 15.5. The van der Waals surface area contributed by atoms with Crippen molar-refractivity contribution in [3.05, 3.63) is 59.7 Å². The Morgan fingerprint density at radius 2 is 1.72 bits per heavy atom. The molecule has 0 spiro atoms. The molecule has 1 unspecified atom stereocenters. The van der Waals surface area contributed by atoms with E-state index in [0.717, 1.165) is 30.0 Å². The Labute approximate surface area is 184 Å². The van der Waals surface area contributed by atoms with Crippen molar-refractivity contribution in [2.24, 2.45) is 0 Å². The Bertz CT molecular complexity index is 736. The smallest absolute Gasteiger partial charge is 0.224 e. The molecule has 0 radical (unpaired) electrons. The van der Waals surface area contributed by atoms with Crippen molar-refractivity contribution in [1.82, 2.24) is 10.2 Å². The highest BCUT2D eigenvalue weighted by atomic mass is 35.5. The molecular weight excluding hydrogens is 413 g/mol. The van der Waals surface area contributed by atoms with Crippen LogP contribution in [-0.4, -0.2) is 50.8 Å². The third-order valence-electron chi connectivity index (χ3n) is 4.82. The number of nitrogen functional groups attached to an aromatic ring is 1. The van der Waals surface area contributed by atoms with Crippen molar-refractivity contribution in [2.45, 2.75) is 12.5 Å². The number of halogens is 2. The topological polar surface area (TPSA) is 76.8 Å². The molecule has 0 aromatic heterocycles. The van der Waals surface area contributed by atoms with Crippen LogP contribution in [0.25, 0.3) is 0 Å². The quantitative estimate of drug-likeness (QED) is 0.645. The summed E-state index contributed by atoms with van der Waals surface area (Å²) >= 11 is 0. The average Bonchev–Trinajstić information content (AvgIpc) is 2.71. The van der Waals surface area contributed by atoms with Crippen molar-refractivity contribution in [2.75, 3.05) is 45.7 Å². The minimum Gasteiger partial charge on any atom is -0.497 e. The van der Waals surface area contributed by atoms with E-state index in [0.29, 0.717) is 31.9 Å². The van der Waals surface area contributed by atoms with Crippen molar-refractivity contribution in [1.29, 1.82) is 0 Å². The summed E-state index contributed by atoms with van der Waals surface area (Å²) in [6.07, 6.45) is 0.346. The standard InChI is InChI=1S/C21H27N3O3.2ClH/c1-26-19-8-4-17(5-9-19)20(24-10-12-27-13-11-24)15-23-21(25)14-16-2-6-18(22)7-3-16;;/h2-9,20H,10-15,22H2,1H3,(H,23,25);2*1H. The van der Waals surface area contributed by atoms with E-state index in [4.69, 9.17) is 15.2 Å². The van der Waals surface area contributed by atoms with Gasteiger partial charge >= 0.3 is 0 Å². The lowest BCUT2D eigenvalue weighted by molar-refractivity contribution is -0.120. The first kappa shape index (κ1) is 25.0. The van der Waals surface area contributed by atoms with Crippen LogP contribution in [0.15, 0.2) is 48.5 Å². The van der Waals surface area contributed by atoms with Crippen LogP contribution in [0.2, 0.25) is 0 Å². The van der Waals surface area contributed by atoms with Gasteiger partial charge in [0.15, 0.2) is 0 Å². The van der Waals surface area contributed by atoms with Crippen molar-refractivity contribution in [3.8, 4) is 5.75 Å². The first-order chi connectivity index (χ1) is 13.2. The van der Waals surface area contributed by atoms with Crippen molar-refractivity contribution >= 4 is 36.4 Å². The summed E-state index contributed by atoms with van der Waals surface area (Å²) in [5.74, 6) is 0.832. The van der Waals surface area contributed by atoms with Gasteiger partial charge in [0.1, 0.15) is 5.75 Å². The number of carbonyl (C=O) groups excluding carboxylic acids is 1. The molecule has 3 N–H and O–H groups in total. The summed E-state index contributed by atoms with van der Waals surface area (Å²) in [4.78, 5) is 14.8. The van der Waals surface area contributed by atoms with E-state index in [9.17, 15) is 4.79 Å². The molecule has 8 heteroatoms. The minimum absolute atomic E-state index is 0. The third-order valence-corrected chi connectivity index (χ3v) is 4.82. The first-order valence-corrected chi connectivity index (χ1v) is 9.22. The molecule has 1 fully saturated rings. The van der Waals surface area contributed by atoms with Crippen LogP contribution < -0.4 is 15.8 Å². The van der Waals surface area contributed by atoms with Gasteiger partial charge in [0.05, 0.1) is 32.8 Å². The summed E-state index contributed by atoms with van der Waals surface area (Å²) in [6.45, 7) is 3.69.